The van der Waals surface area contributed by atoms with Gasteiger partial charge >= 0.3 is 0 Å². The van der Waals surface area contributed by atoms with Crippen molar-refractivity contribution in [1.29, 1.82) is 0 Å². The van der Waals surface area contributed by atoms with Gasteiger partial charge in [-0.05, 0) is 64.4 Å². The molecule has 0 aromatic carbocycles. The molecule has 1 aliphatic rings. The van der Waals surface area contributed by atoms with E-state index in [-0.39, 0.29) is 0 Å². The van der Waals surface area contributed by atoms with E-state index >= 15 is 0 Å². The SMILES string of the molecule is [CH2]C=C(C)C=CC(O)C(C)=CCC1=C(C)CCCC1(C)C. The summed E-state index contributed by atoms with van der Waals surface area (Å²) in [5.41, 5.74) is 5.47. The smallest absolute Gasteiger partial charge is 0.0932 e. The highest BCUT2D eigenvalue weighted by molar-refractivity contribution is 5.27. The van der Waals surface area contributed by atoms with Gasteiger partial charge in [0, 0.05) is 0 Å². The molecule has 0 bridgehead atoms. The Kier molecular flexibility index (Phi) is 6.67. The molecule has 1 nitrogen and oxygen atoms in total. The van der Waals surface area contributed by atoms with Gasteiger partial charge in [0.05, 0.1) is 6.10 Å². The summed E-state index contributed by atoms with van der Waals surface area (Å²) < 4.78 is 0. The van der Waals surface area contributed by atoms with Gasteiger partial charge < -0.3 is 5.11 Å². The highest BCUT2D eigenvalue weighted by atomic mass is 16.3. The van der Waals surface area contributed by atoms with E-state index in [0.717, 1.165) is 17.6 Å². The lowest BCUT2D eigenvalue weighted by Gasteiger charge is -2.34. The van der Waals surface area contributed by atoms with Crippen molar-refractivity contribution in [2.45, 2.75) is 66.4 Å². The minimum atomic E-state index is -0.507. The van der Waals surface area contributed by atoms with Gasteiger partial charge in [0.15, 0.2) is 0 Å². The number of aliphatic hydroxyl groups is 1. The fraction of sp³-hybridized carbons (Fsp3) is 0.550. The Balaban J connectivity index is 2.77. The Hall–Kier alpha value is -1.08. The summed E-state index contributed by atoms with van der Waals surface area (Å²) in [6, 6.07) is 0. The Morgan fingerprint density at radius 2 is 2.05 bits per heavy atom. The highest BCUT2D eigenvalue weighted by Crippen LogP contribution is 2.42. The molecular formula is C20H31O. The van der Waals surface area contributed by atoms with Gasteiger partial charge in [-0.15, -0.1) is 0 Å². The van der Waals surface area contributed by atoms with Gasteiger partial charge in [-0.25, -0.2) is 0 Å². The first-order valence-corrected chi connectivity index (χ1v) is 7.96. The van der Waals surface area contributed by atoms with E-state index in [4.69, 9.17) is 0 Å². The summed E-state index contributed by atoms with van der Waals surface area (Å²) in [6.07, 6.45) is 12.0. The van der Waals surface area contributed by atoms with Gasteiger partial charge in [0.1, 0.15) is 0 Å². The van der Waals surface area contributed by atoms with E-state index < -0.39 is 6.10 Å². The van der Waals surface area contributed by atoms with Gasteiger partial charge in [-0.3, -0.25) is 0 Å². The summed E-state index contributed by atoms with van der Waals surface area (Å²) in [7, 11) is 0. The van der Waals surface area contributed by atoms with Crippen LogP contribution >= 0.6 is 0 Å². The van der Waals surface area contributed by atoms with Crippen LogP contribution < -0.4 is 0 Å². The molecule has 0 aromatic rings. The summed E-state index contributed by atoms with van der Waals surface area (Å²) in [5, 5.41) is 10.2. The number of aliphatic hydroxyl groups excluding tert-OH is 1. The molecule has 0 aliphatic heterocycles. The van der Waals surface area contributed by atoms with E-state index in [1.54, 1.807) is 11.6 Å². The van der Waals surface area contributed by atoms with Crippen LogP contribution in [0.25, 0.3) is 0 Å². The number of hydrogen-bond acceptors (Lipinski definition) is 1. The molecule has 0 fully saturated rings. The van der Waals surface area contributed by atoms with Crippen molar-refractivity contribution in [3.63, 3.8) is 0 Å². The number of allylic oxidation sites excluding steroid dienone is 6. The fourth-order valence-corrected chi connectivity index (χ4v) is 2.97. The Morgan fingerprint density at radius 1 is 1.38 bits per heavy atom. The largest absolute Gasteiger partial charge is 0.385 e. The maximum atomic E-state index is 10.2. The Morgan fingerprint density at radius 3 is 2.62 bits per heavy atom. The van der Waals surface area contributed by atoms with Crippen molar-refractivity contribution in [2.75, 3.05) is 0 Å². The van der Waals surface area contributed by atoms with E-state index in [1.165, 1.54) is 24.8 Å². The minimum Gasteiger partial charge on any atom is -0.385 e. The third-order valence-electron chi connectivity index (χ3n) is 4.64. The second kappa shape index (κ2) is 7.79. The van der Waals surface area contributed by atoms with Crippen LogP contribution in [-0.2, 0) is 0 Å². The second-order valence-corrected chi connectivity index (χ2v) is 6.90. The first-order chi connectivity index (χ1) is 9.77. The molecule has 0 spiro atoms. The summed E-state index contributed by atoms with van der Waals surface area (Å²) in [5.74, 6) is 0. The number of hydrogen-bond donors (Lipinski definition) is 1. The molecule has 0 saturated heterocycles. The molecule has 1 unspecified atom stereocenters. The van der Waals surface area contributed by atoms with E-state index in [1.807, 2.05) is 26.0 Å². The first kappa shape index (κ1) is 18.0. The molecule has 117 valence electrons. The molecule has 1 aliphatic carbocycles. The summed E-state index contributed by atoms with van der Waals surface area (Å²) >= 11 is 0. The predicted octanol–water partition coefficient (Wildman–Crippen LogP) is 5.55. The van der Waals surface area contributed by atoms with E-state index in [2.05, 4.69) is 33.8 Å². The van der Waals surface area contributed by atoms with Crippen molar-refractivity contribution < 1.29 is 5.11 Å². The molecule has 0 amide bonds. The Labute approximate surface area is 131 Å². The zero-order valence-electron chi connectivity index (χ0n) is 14.4. The van der Waals surface area contributed by atoms with Crippen LogP contribution in [0, 0.1) is 12.3 Å². The average molecular weight is 287 g/mol. The van der Waals surface area contributed by atoms with E-state index in [0.29, 0.717) is 5.41 Å². The van der Waals surface area contributed by atoms with Crippen LogP contribution in [0.5, 0.6) is 0 Å². The zero-order valence-corrected chi connectivity index (χ0v) is 14.4. The maximum absolute atomic E-state index is 10.2. The van der Waals surface area contributed by atoms with Crippen molar-refractivity contribution in [2.24, 2.45) is 5.41 Å². The van der Waals surface area contributed by atoms with Gasteiger partial charge in [-0.2, -0.15) is 0 Å². The molecule has 1 heteroatoms. The lowest BCUT2D eigenvalue weighted by atomic mass is 9.71. The van der Waals surface area contributed by atoms with Crippen LogP contribution in [-0.4, -0.2) is 11.2 Å². The lowest BCUT2D eigenvalue weighted by molar-refractivity contribution is 0.258. The van der Waals surface area contributed by atoms with Crippen LogP contribution in [0.1, 0.15) is 60.3 Å². The highest BCUT2D eigenvalue weighted by Gasteiger charge is 2.27. The first-order valence-electron chi connectivity index (χ1n) is 7.96. The van der Waals surface area contributed by atoms with Crippen LogP contribution in [0.4, 0.5) is 0 Å². The minimum absolute atomic E-state index is 0.299. The third kappa shape index (κ3) is 5.32. The summed E-state index contributed by atoms with van der Waals surface area (Å²) in [4.78, 5) is 0. The van der Waals surface area contributed by atoms with Crippen molar-refractivity contribution in [1.82, 2.24) is 0 Å². The van der Waals surface area contributed by atoms with Crippen molar-refractivity contribution in [3.05, 3.63) is 53.5 Å². The van der Waals surface area contributed by atoms with Crippen LogP contribution in [0.15, 0.2) is 46.6 Å². The Bertz CT molecular complexity index is 472. The normalized spacial score (nSPS) is 22.0. The molecule has 0 saturated carbocycles. The molecule has 21 heavy (non-hydrogen) atoms. The maximum Gasteiger partial charge on any atom is 0.0932 e. The topological polar surface area (TPSA) is 20.2 Å². The lowest BCUT2D eigenvalue weighted by Crippen LogP contribution is -2.20. The standard InChI is InChI=1S/C20H31O/c1-7-15(2)10-13-19(21)17(4)11-12-18-16(3)9-8-14-20(18,5)6/h7,10-11,13,19,21H,1,8-9,12,14H2,2-6H3. The molecule has 1 rings (SSSR count). The second-order valence-electron chi connectivity index (χ2n) is 6.90. The fourth-order valence-electron chi connectivity index (χ4n) is 2.97. The van der Waals surface area contributed by atoms with Crippen molar-refractivity contribution >= 4 is 0 Å². The van der Waals surface area contributed by atoms with Gasteiger partial charge in [0.2, 0.25) is 0 Å². The molecule has 1 radical (unpaired) electrons. The quantitative estimate of drug-likeness (QED) is 0.519. The molecule has 0 aromatic heterocycles. The monoisotopic (exact) mass is 287 g/mol. The number of rotatable bonds is 5. The van der Waals surface area contributed by atoms with E-state index in [9.17, 15) is 5.11 Å². The van der Waals surface area contributed by atoms with Gasteiger partial charge in [-0.1, -0.05) is 54.9 Å². The van der Waals surface area contributed by atoms with Crippen LogP contribution in [0.3, 0.4) is 0 Å². The summed E-state index contributed by atoms with van der Waals surface area (Å²) in [6.45, 7) is 14.6. The molecule has 1 atom stereocenters. The zero-order chi connectivity index (χ0) is 16.0. The average Bonchev–Trinajstić information content (AvgIpc) is 2.42. The molecule has 1 N–H and O–H groups in total. The van der Waals surface area contributed by atoms with Crippen LogP contribution in [0.2, 0.25) is 0 Å². The van der Waals surface area contributed by atoms with Crippen molar-refractivity contribution in [3.8, 4) is 0 Å². The third-order valence-corrected chi connectivity index (χ3v) is 4.64. The molecular weight excluding hydrogens is 256 g/mol. The predicted molar refractivity (Wildman–Crippen MR) is 93.0 cm³/mol. The van der Waals surface area contributed by atoms with Gasteiger partial charge in [0.25, 0.3) is 0 Å². The molecule has 0 heterocycles.